The Morgan fingerprint density at radius 1 is 0.900 bits per heavy atom. The third-order valence-corrected chi connectivity index (χ3v) is 5.05. The summed E-state index contributed by atoms with van der Waals surface area (Å²) in [5, 5.41) is 2.65. The third kappa shape index (κ3) is 5.31. The SMILES string of the molecule is O=C(NCc1cccc(-c2cc(C(F)(F)F)cc(C(F)(F)F)c2)c1)C1CC[C@@H](F)C1. The molecule has 2 atom stereocenters. The van der Waals surface area contributed by atoms with Crippen molar-refractivity contribution in [2.24, 2.45) is 5.92 Å². The average molecular weight is 433 g/mol. The fourth-order valence-electron chi connectivity index (χ4n) is 3.48. The van der Waals surface area contributed by atoms with Gasteiger partial charge in [-0.2, -0.15) is 26.3 Å². The van der Waals surface area contributed by atoms with E-state index in [1.54, 1.807) is 6.07 Å². The van der Waals surface area contributed by atoms with Crippen LogP contribution < -0.4 is 5.32 Å². The lowest BCUT2D eigenvalue weighted by atomic mass is 9.97. The van der Waals surface area contributed by atoms with Gasteiger partial charge in [-0.1, -0.05) is 18.2 Å². The lowest BCUT2D eigenvalue weighted by molar-refractivity contribution is -0.143. The smallest absolute Gasteiger partial charge is 0.352 e. The van der Waals surface area contributed by atoms with E-state index >= 15 is 0 Å². The van der Waals surface area contributed by atoms with E-state index in [4.69, 9.17) is 0 Å². The van der Waals surface area contributed by atoms with Crippen molar-refractivity contribution in [3.63, 3.8) is 0 Å². The van der Waals surface area contributed by atoms with Crippen molar-refractivity contribution >= 4 is 5.91 Å². The summed E-state index contributed by atoms with van der Waals surface area (Å²) in [4.78, 5) is 12.1. The van der Waals surface area contributed by atoms with Gasteiger partial charge in [-0.05, 0) is 60.2 Å². The molecule has 0 heterocycles. The predicted octanol–water partition coefficient (Wildman–Crippen LogP) is 6.15. The highest BCUT2D eigenvalue weighted by atomic mass is 19.4. The first-order chi connectivity index (χ1) is 13.9. The Hall–Kier alpha value is -2.58. The molecule has 0 radical (unpaired) electrons. The van der Waals surface area contributed by atoms with E-state index in [1.807, 2.05) is 0 Å². The number of amides is 1. The van der Waals surface area contributed by atoms with Crippen LogP contribution in [0.15, 0.2) is 42.5 Å². The Balaban J connectivity index is 1.83. The van der Waals surface area contributed by atoms with Crippen molar-refractivity contribution in [3.05, 3.63) is 59.2 Å². The molecular weight excluding hydrogens is 415 g/mol. The molecular formula is C21H18F7NO. The van der Waals surface area contributed by atoms with E-state index in [1.165, 1.54) is 18.2 Å². The van der Waals surface area contributed by atoms with Crippen molar-refractivity contribution in [1.29, 1.82) is 0 Å². The van der Waals surface area contributed by atoms with Gasteiger partial charge in [0, 0.05) is 12.5 Å². The van der Waals surface area contributed by atoms with Gasteiger partial charge in [0.1, 0.15) is 6.17 Å². The van der Waals surface area contributed by atoms with E-state index in [0.717, 1.165) is 0 Å². The van der Waals surface area contributed by atoms with Crippen molar-refractivity contribution < 1.29 is 35.5 Å². The topological polar surface area (TPSA) is 29.1 Å². The van der Waals surface area contributed by atoms with Gasteiger partial charge >= 0.3 is 12.4 Å². The summed E-state index contributed by atoms with van der Waals surface area (Å²) in [6.45, 7) is 0.0330. The zero-order chi connectivity index (χ0) is 22.1. The van der Waals surface area contributed by atoms with Gasteiger partial charge in [-0.15, -0.1) is 0 Å². The largest absolute Gasteiger partial charge is 0.416 e. The predicted molar refractivity (Wildman–Crippen MR) is 96.0 cm³/mol. The second kappa shape index (κ2) is 8.28. The zero-order valence-electron chi connectivity index (χ0n) is 15.6. The summed E-state index contributed by atoms with van der Waals surface area (Å²) >= 11 is 0. The molecule has 0 bridgehead atoms. The minimum Gasteiger partial charge on any atom is -0.352 e. The minimum absolute atomic E-state index is 0.0330. The van der Waals surface area contributed by atoms with Crippen molar-refractivity contribution in [1.82, 2.24) is 5.32 Å². The number of hydrogen-bond acceptors (Lipinski definition) is 1. The van der Waals surface area contributed by atoms with E-state index in [0.29, 0.717) is 30.5 Å². The molecule has 0 spiro atoms. The first kappa shape index (κ1) is 22.1. The number of halogens is 7. The summed E-state index contributed by atoms with van der Waals surface area (Å²) in [7, 11) is 0. The Morgan fingerprint density at radius 3 is 2.07 bits per heavy atom. The second-order valence-electron chi connectivity index (χ2n) is 7.32. The van der Waals surface area contributed by atoms with E-state index in [9.17, 15) is 35.5 Å². The van der Waals surface area contributed by atoms with Crippen LogP contribution in [0.2, 0.25) is 0 Å². The molecule has 2 nitrogen and oxygen atoms in total. The summed E-state index contributed by atoms with van der Waals surface area (Å²) in [6, 6.07) is 7.29. The van der Waals surface area contributed by atoms with Crippen molar-refractivity contribution in [2.45, 2.75) is 44.3 Å². The van der Waals surface area contributed by atoms with Gasteiger partial charge < -0.3 is 5.32 Å². The maximum absolute atomic E-state index is 13.2. The monoisotopic (exact) mass is 433 g/mol. The number of carbonyl (C=O) groups excluding carboxylic acids is 1. The number of benzene rings is 2. The molecule has 2 aromatic rings. The molecule has 0 saturated heterocycles. The standard InChI is InChI=1S/C21H18F7NO/c22-18-5-4-14(9-18)19(30)29-11-12-2-1-3-13(6-12)15-7-16(20(23,24)25)10-17(8-15)21(26,27)28/h1-3,6-8,10,14,18H,4-5,9,11H2,(H,29,30)/t14?,18-/m1/s1. The Labute approximate surface area is 168 Å². The molecule has 1 amide bonds. The highest BCUT2D eigenvalue weighted by molar-refractivity contribution is 5.79. The molecule has 9 heteroatoms. The van der Waals surface area contributed by atoms with Crippen LogP contribution in [0.25, 0.3) is 11.1 Å². The summed E-state index contributed by atoms with van der Waals surface area (Å²) in [6.07, 6.45) is -9.96. The van der Waals surface area contributed by atoms with Gasteiger partial charge in [0.2, 0.25) is 5.91 Å². The number of nitrogens with one attached hydrogen (secondary N) is 1. The molecule has 0 aromatic heterocycles. The molecule has 1 aliphatic carbocycles. The van der Waals surface area contributed by atoms with Crippen LogP contribution in [0.1, 0.15) is 36.0 Å². The Morgan fingerprint density at radius 2 is 1.53 bits per heavy atom. The van der Waals surface area contributed by atoms with Crippen LogP contribution in [0.4, 0.5) is 30.7 Å². The van der Waals surface area contributed by atoms with Gasteiger partial charge in [-0.3, -0.25) is 4.79 Å². The van der Waals surface area contributed by atoms with Crippen molar-refractivity contribution in [2.75, 3.05) is 0 Å². The molecule has 2 aromatic carbocycles. The number of alkyl halides is 7. The summed E-state index contributed by atoms with van der Waals surface area (Å²) in [5.74, 6) is -0.750. The fraction of sp³-hybridized carbons (Fsp3) is 0.381. The third-order valence-electron chi connectivity index (χ3n) is 5.05. The van der Waals surface area contributed by atoms with Crippen LogP contribution in [0, 0.1) is 5.92 Å². The summed E-state index contributed by atoms with van der Waals surface area (Å²) < 4.78 is 91.7. The molecule has 1 unspecified atom stereocenters. The normalized spacial score (nSPS) is 19.7. The summed E-state index contributed by atoms with van der Waals surface area (Å²) in [5.41, 5.74) is -2.37. The van der Waals surface area contributed by atoms with Gasteiger partial charge in [0.25, 0.3) is 0 Å². The molecule has 1 saturated carbocycles. The Bertz CT molecular complexity index is 888. The van der Waals surface area contributed by atoms with E-state index < -0.39 is 35.6 Å². The quantitative estimate of drug-likeness (QED) is 0.576. The number of carbonyl (C=O) groups is 1. The number of hydrogen-bond donors (Lipinski definition) is 1. The van der Waals surface area contributed by atoms with Crippen LogP contribution >= 0.6 is 0 Å². The average Bonchev–Trinajstić information content (AvgIpc) is 3.11. The maximum atomic E-state index is 13.2. The highest BCUT2D eigenvalue weighted by Gasteiger charge is 2.37. The van der Waals surface area contributed by atoms with Gasteiger partial charge in [-0.25, -0.2) is 4.39 Å². The van der Waals surface area contributed by atoms with Gasteiger partial charge in [0.05, 0.1) is 11.1 Å². The maximum Gasteiger partial charge on any atom is 0.416 e. The van der Waals surface area contributed by atoms with Crippen LogP contribution in [-0.4, -0.2) is 12.1 Å². The molecule has 1 aliphatic rings. The molecule has 30 heavy (non-hydrogen) atoms. The lowest BCUT2D eigenvalue weighted by Crippen LogP contribution is -2.29. The fourth-order valence-corrected chi connectivity index (χ4v) is 3.48. The number of rotatable bonds is 4. The molecule has 1 N–H and O–H groups in total. The zero-order valence-corrected chi connectivity index (χ0v) is 15.6. The van der Waals surface area contributed by atoms with Gasteiger partial charge in [0.15, 0.2) is 0 Å². The van der Waals surface area contributed by atoms with Crippen LogP contribution in [-0.2, 0) is 23.7 Å². The first-order valence-corrected chi connectivity index (χ1v) is 9.24. The lowest BCUT2D eigenvalue weighted by Gasteiger charge is -2.15. The minimum atomic E-state index is -4.93. The molecule has 1 fully saturated rings. The van der Waals surface area contributed by atoms with Crippen molar-refractivity contribution in [3.8, 4) is 11.1 Å². The van der Waals surface area contributed by atoms with E-state index in [2.05, 4.69) is 5.32 Å². The van der Waals surface area contributed by atoms with Crippen LogP contribution in [0.3, 0.4) is 0 Å². The van der Waals surface area contributed by atoms with Crippen LogP contribution in [0.5, 0.6) is 0 Å². The molecule has 3 rings (SSSR count). The second-order valence-corrected chi connectivity index (χ2v) is 7.32. The Kier molecular flexibility index (Phi) is 6.10. The molecule has 162 valence electrons. The highest BCUT2D eigenvalue weighted by Crippen LogP contribution is 2.38. The first-order valence-electron chi connectivity index (χ1n) is 9.24. The van der Waals surface area contributed by atoms with E-state index in [-0.39, 0.29) is 36.1 Å². The molecule has 0 aliphatic heterocycles.